The predicted octanol–water partition coefficient (Wildman–Crippen LogP) is 10.3. The monoisotopic (exact) mass is 704 g/mol. The van der Waals surface area contributed by atoms with Gasteiger partial charge < -0.3 is 24.8 Å². The molecule has 0 radical (unpaired) electrons. The van der Waals surface area contributed by atoms with Crippen molar-refractivity contribution in [3.63, 3.8) is 0 Å². The first-order chi connectivity index (χ1) is 24.9. The topological polar surface area (TPSA) is 51.8 Å². The molecule has 2 aliphatic heterocycles. The van der Waals surface area contributed by atoms with Gasteiger partial charge in [-0.1, -0.05) is 103 Å². The van der Waals surface area contributed by atoms with Gasteiger partial charge >= 0.3 is 0 Å². The van der Waals surface area contributed by atoms with Crippen molar-refractivity contribution in [1.82, 2.24) is 10.6 Å². The second-order valence-corrected chi connectivity index (χ2v) is 16.5. The summed E-state index contributed by atoms with van der Waals surface area (Å²) in [7, 11) is 1.70. The lowest BCUT2D eigenvalue weighted by Gasteiger charge is -2.46. The SMILES string of the molecule is COc1ccc(CNCCC2(c3ccccc3)CCOC(C)(C)C2)cc1.Cc1ccc(C2(CCNC(C)c3ccccc3)CCOC(C)(C)C2)cc1. The van der Waals surface area contributed by atoms with Crippen molar-refractivity contribution in [3.05, 3.63) is 137 Å². The molecule has 2 aliphatic rings. The molecule has 5 nitrogen and oxygen atoms in total. The maximum Gasteiger partial charge on any atom is 0.118 e. The van der Waals surface area contributed by atoms with Crippen molar-refractivity contribution in [2.75, 3.05) is 33.4 Å². The minimum Gasteiger partial charge on any atom is -0.497 e. The molecule has 0 amide bonds. The quantitative estimate of drug-likeness (QED) is 0.136. The van der Waals surface area contributed by atoms with E-state index in [-0.39, 0.29) is 22.0 Å². The van der Waals surface area contributed by atoms with Crippen LogP contribution in [0.1, 0.15) is 107 Å². The molecular formula is C47H64N2O3. The van der Waals surface area contributed by atoms with E-state index in [0.29, 0.717) is 6.04 Å². The molecule has 4 aromatic rings. The average molecular weight is 705 g/mol. The first kappa shape index (κ1) is 39.7. The highest BCUT2D eigenvalue weighted by Gasteiger charge is 2.42. The fraction of sp³-hybridized carbons (Fsp3) is 0.489. The summed E-state index contributed by atoms with van der Waals surface area (Å²) in [5.41, 5.74) is 7.13. The third-order valence-electron chi connectivity index (χ3n) is 11.3. The predicted molar refractivity (Wildman–Crippen MR) is 216 cm³/mol. The summed E-state index contributed by atoms with van der Waals surface area (Å²) < 4.78 is 17.3. The van der Waals surface area contributed by atoms with Crippen LogP contribution >= 0.6 is 0 Å². The zero-order valence-electron chi connectivity index (χ0n) is 33.0. The van der Waals surface area contributed by atoms with Gasteiger partial charge in [0.05, 0.1) is 18.3 Å². The van der Waals surface area contributed by atoms with E-state index in [1.54, 1.807) is 7.11 Å². The first-order valence-corrected chi connectivity index (χ1v) is 19.5. The van der Waals surface area contributed by atoms with E-state index in [1.807, 2.05) is 12.1 Å². The van der Waals surface area contributed by atoms with Crippen molar-refractivity contribution < 1.29 is 14.2 Å². The van der Waals surface area contributed by atoms with Crippen LogP contribution in [0.3, 0.4) is 0 Å². The number of aryl methyl sites for hydroxylation is 1. The van der Waals surface area contributed by atoms with Crippen LogP contribution in [0.15, 0.2) is 109 Å². The molecule has 0 bridgehead atoms. The van der Waals surface area contributed by atoms with E-state index in [2.05, 4.69) is 149 Å². The van der Waals surface area contributed by atoms with E-state index in [0.717, 1.165) is 77.1 Å². The van der Waals surface area contributed by atoms with Crippen molar-refractivity contribution in [2.24, 2.45) is 0 Å². The normalized spacial score (nSPS) is 22.8. The summed E-state index contributed by atoms with van der Waals surface area (Å²) in [4.78, 5) is 0. The molecule has 5 heteroatoms. The third-order valence-corrected chi connectivity index (χ3v) is 11.3. The molecule has 52 heavy (non-hydrogen) atoms. The van der Waals surface area contributed by atoms with Gasteiger partial charge in [0.25, 0.3) is 0 Å². The van der Waals surface area contributed by atoms with Gasteiger partial charge in [0.15, 0.2) is 0 Å². The molecule has 0 saturated carbocycles. The Morgan fingerprint density at radius 3 is 1.71 bits per heavy atom. The molecule has 2 fully saturated rings. The Morgan fingerprint density at radius 1 is 0.654 bits per heavy atom. The van der Waals surface area contributed by atoms with E-state index < -0.39 is 0 Å². The van der Waals surface area contributed by atoms with E-state index in [4.69, 9.17) is 14.2 Å². The van der Waals surface area contributed by atoms with Crippen LogP contribution in [0, 0.1) is 6.92 Å². The van der Waals surface area contributed by atoms with Gasteiger partial charge in [-0.3, -0.25) is 0 Å². The van der Waals surface area contributed by atoms with Gasteiger partial charge in [0.1, 0.15) is 5.75 Å². The Labute approximate surface area is 314 Å². The largest absolute Gasteiger partial charge is 0.497 e. The number of benzene rings is 4. The Kier molecular flexibility index (Phi) is 13.8. The lowest BCUT2D eigenvalue weighted by molar-refractivity contribution is -0.0844. The van der Waals surface area contributed by atoms with Gasteiger partial charge in [-0.15, -0.1) is 0 Å². The summed E-state index contributed by atoms with van der Waals surface area (Å²) in [6.45, 7) is 17.9. The van der Waals surface area contributed by atoms with Crippen molar-refractivity contribution >= 4 is 0 Å². The van der Waals surface area contributed by atoms with Crippen LogP contribution in [0.2, 0.25) is 0 Å². The zero-order chi connectivity index (χ0) is 37.1. The Bertz CT molecular complexity index is 1620. The highest BCUT2D eigenvalue weighted by Crippen LogP contribution is 2.45. The summed E-state index contributed by atoms with van der Waals surface area (Å²) in [5, 5.41) is 7.37. The van der Waals surface area contributed by atoms with Gasteiger partial charge in [0, 0.05) is 36.6 Å². The molecule has 280 valence electrons. The minimum absolute atomic E-state index is 0.0613. The maximum atomic E-state index is 6.04. The van der Waals surface area contributed by atoms with E-state index in [9.17, 15) is 0 Å². The lowest BCUT2D eigenvalue weighted by Crippen LogP contribution is -2.45. The van der Waals surface area contributed by atoms with Crippen LogP contribution in [0.5, 0.6) is 5.75 Å². The van der Waals surface area contributed by atoms with Gasteiger partial charge in [0.2, 0.25) is 0 Å². The van der Waals surface area contributed by atoms with E-state index >= 15 is 0 Å². The highest BCUT2D eigenvalue weighted by molar-refractivity contribution is 5.31. The molecular weight excluding hydrogens is 641 g/mol. The third kappa shape index (κ3) is 11.0. The van der Waals surface area contributed by atoms with Crippen LogP contribution in [0.4, 0.5) is 0 Å². The smallest absolute Gasteiger partial charge is 0.118 e. The average Bonchev–Trinajstić information content (AvgIpc) is 3.14. The number of hydrogen-bond acceptors (Lipinski definition) is 5. The molecule has 4 aromatic carbocycles. The fourth-order valence-corrected chi connectivity index (χ4v) is 8.55. The maximum absolute atomic E-state index is 6.04. The van der Waals surface area contributed by atoms with Crippen molar-refractivity contribution in [2.45, 2.75) is 115 Å². The molecule has 0 spiro atoms. The summed E-state index contributed by atoms with van der Waals surface area (Å²) in [5.74, 6) is 0.904. The molecule has 0 aliphatic carbocycles. The van der Waals surface area contributed by atoms with Gasteiger partial charge in [-0.2, -0.15) is 0 Å². The second-order valence-electron chi connectivity index (χ2n) is 16.5. The lowest BCUT2D eigenvalue weighted by atomic mass is 9.67. The van der Waals surface area contributed by atoms with Crippen LogP contribution in [-0.2, 0) is 26.8 Å². The van der Waals surface area contributed by atoms with Gasteiger partial charge in [-0.25, -0.2) is 0 Å². The molecule has 3 unspecified atom stereocenters. The van der Waals surface area contributed by atoms with E-state index in [1.165, 1.54) is 27.8 Å². The summed E-state index contributed by atoms with van der Waals surface area (Å²) in [6, 6.07) is 39.5. The number of methoxy groups -OCH3 is 1. The second kappa shape index (κ2) is 18.0. The van der Waals surface area contributed by atoms with Crippen molar-refractivity contribution in [3.8, 4) is 5.75 Å². The standard InChI is InChI=1S/C24H33NO.C23H31NO2/c1-19-10-12-22(13-11-19)24(15-17-26-23(3,4)18-24)14-16-25-20(2)21-8-6-5-7-9-21;1-22(2)18-23(14-16-26-22,20-7-5-4-6-8-20)13-15-24-17-19-9-11-21(25-3)12-10-19/h5-13,20,25H,14-18H2,1-4H3;4-12,24H,13-18H2,1-3H3. The summed E-state index contributed by atoms with van der Waals surface area (Å²) >= 11 is 0. The molecule has 0 aromatic heterocycles. The molecule has 6 rings (SSSR count). The molecule has 2 heterocycles. The molecule has 3 atom stereocenters. The number of hydrogen-bond donors (Lipinski definition) is 2. The van der Waals surface area contributed by atoms with Crippen LogP contribution < -0.4 is 15.4 Å². The van der Waals surface area contributed by atoms with Crippen LogP contribution in [-0.4, -0.2) is 44.6 Å². The minimum atomic E-state index is -0.0654. The summed E-state index contributed by atoms with van der Waals surface area (Å²) in [6.07, 6.45) is 6.59. The first-order valence-electron chi connectivity index (χ1n) is 19.5. The zero-order valence-corrected chi connectivity index (χ0v) is 33.0. The highest BCUT2D eigenvalue weighted by atomic mass is 16.5. The fourth-order valence-electron chi connectivity index (χ4n) is 8.55. The van der Waals surface area contributed by atoms with Crippen LogP contribution in [0.25, 0.3) is 0 Å². The Hall–Kier alpha value is -3.48. The number of nitrogens with one attached hydrogen (secondary N) is 2. The van der Waals surface area contributed by atoms with Gasteiger partial charge in [-0.05, 0) is 128 Å². The number of ether oxygens (including phenoxy) is 3. The molecule has 2 N–H and O–H groups in total. The Balaban J connectivity index is 0.000000201. The number of rotatable bonds is 13. The van der Waals surface area contributed by atoms with Crippen molar-refractivity contribution in [1.29, 1.82) is 0 Å². The molecule has 2 saturated heterocycles. The Morgan fingerprint density at radius 2 is 1.17 bits per heavy atom.